The third-order valence-corrected chi connectivity index (χ3v) is 7.30. The summed E-state index contributed by atoms with van der Waals surface area (Å²) in [6, 6.07) is 3.53. The molecule has 0 spiro atoms. The van der Waals surface area contributed by atoms with Crippen molar-refractivity contribution in [1.82, 2.24) is 4.72 Å². The van der Waals surface area contributed by atoms with E-state index in [-0.39, 0.29) is 0 Å². The van der Waals surface area contributed by atoms with E-state index in [0.717, 1.165) is 35.6 Å². The van der Waals surface area contributed by atoms with Crippen molar-refractivity contribution in [1.29, 1.82) is 0 Å². The van der Waals surface area contributed by atoms with Crippen molar-refractivity contribution in [3.05, 3.63) is 17.0 Å². The van der Waals surface area contributed by atoms with Gasteiger partial charge in [0.25, 0.3) is 0 Å². The van der Waals surface area contributed by atoms with E-state index in [1.54, 1.807) is 6.07 Å². The third-order valence-electron chi connectivity index (χ3n) is 3.20. The highest BCUT2D eigenvalue weighted by Gasteiger charge is 2.20. The molecule has 1 aromatic heterocycles. The lowest BCUT2D eigenvalue weighted by Gasteiger charge is -2.21. The maximum absolute atomic E-state index is 12.2. The van der Waals surface area contributed by atoms with Crippen molar-refractivity contribution in [2.24, 2.45) is 11.7 Å². The second-order valence-electron chi connectivity index (χ2n) is 4.67. The van der Waals surface area contributed by atoms with Gasteiger partial charge in [0.1, 0.15) is 4.21 Å². The minimum atomic E-state index is -3.34. The summed E-state index contributed by atoms with van der Waals surface area (Å²) in [6.07, 6.45) is 2.95. The van der Waals surface area contributed by atoms with Crippen LogP contribution in [-0.4, -0.2) is 33.0 Å². The molecule has 0 amide bonds. The van der Waals surface area contributed by atoms with Gasteiger partial charge in [0, 0.05) is 11.4 Å². The summed E-state index contributed by atoms with van der Waals surface area (Å²) in [6.45, 7) is 1.11. The van der Waals surface area contributed by atoms with E-state index in [1.807, 2.05) is 17.8 Å². The minimum absolute atomic E-state index is 0.404. The van der Waals surface area contributed by atoms with E-state index in [2.05, 4.69) is 4.72 Å². The molecule has 2 rings (SSSR count). The quantitative estimate of drug-likeness (QED) is 0.836. The molecular formula is C12H20N2O2S3. The molecule has 1 saturated heterocycles. The summed E-state index contributed by atoms with van der Waals surface area (Å²) in [5, 5.41) is 0. The van der Waals surface area contributed by atoms with Gasteiger partial charge in [-0.05, 0) is 55.4 Å². The van der Waals surface area contributed by atoms with Gasteiger partial charge in [-0.3, -0.25) is 0 Å². The van der Waals surface area contributed by atoms with Crippen LogP contribution < -0.4 is 10.5 Å². The smallest absolute Gasteiger partial charge is 0.250 e. The van der Waals surface area contributed by atoms with Gasteiger partial charge in [-0.2, -0.15) is 11.8 Å². The highest BCUT2D eigenvalue weighted by Crippen LogP contribution is 2.24. The molecular weight excluding hydrogens is 300 g/mol. The molecule has 1 aliphatic rings. The predicted molar refractivity (Wildman–Crippen MR) is 82.3 cm³/mol. The Kier molecular flexibility index (Phi) is 5.70. The van der Waals surface area contributed by atoms with Crippen LogP contribution in [0, 0.1) is 5.92 Å². The van der Waals surface area contributed by atoms with Crippen molar-refractivity contribution < 1.29 is 8.42 Å². The normalized spacial score (nSPS) is 17.7. The number of thioether (sulfide) groups is 1. The number of rotatable bonds is 6. The number of hydrogen-bond donors (Lipinski definition) is 2. The molecule has 19 heavy (non-hydrogen) atoms. The number of hydrogen-bond acceptors (Lipinski definition) is 5. The van der Waals surface area contributed by atoms with Crippen molar-refractivity contribution in [3.8, 4) is 0 Å². The molecule has 2 heterocycles. The molecule has 7 heteroatoms. The van der Waals surface area contributed by atoms with Gasteiger partial charge in [-0.15, -0.1) is 11.3 Å². The lowest BCUT2D eigenvalue weighted by Crippen LogP contribution is -2.30. The SMILES string of the molecule is NCCc1ccc(S(=O)(=O)NCC2CCSCC2)s1. The Bertz CT molecular complexity index is 493. The van der Waals surface area contributed by atoms with Crippen molar-refractivity contribution in [2.45, 2.75) is 23.5 Å². The summed E-state index contributed by atoms with van der Waals surface area (Å²) in [5.41, 5.74) is 5.47. The molecule has 0 radical (unpaired) electrons. The third kappa shape index (κ3) is 4.46. The minimum Gasteiger partial charge on any atom is -0.330 e. The highest BCUT2D eigenvalue weighted by atomic mass is 32.2. The molecule has 1 aromatic rings. The Morgan fingerprint density at radius 3 is 2.74 bits per heavy atom. The molecule has 1 fully saturated rings. The first-order valence-electron chi connectivity index (χ1n) is 6.48. The average Bonchev–Trinajstić information content (AvgIpc) is 2.88. The molecule has 0 aliphatic carbocycles. The van der Waals surface area contributed by atoms with Crippen LogP contribution in [0.4, 0.5) is 0 Å². The standard InChI is InChI=1S/C12H20N2O2S3/c13-6-3-11-1-2-12(18-11)19(15,16)14-9-10-4-7-17-8-5-10/h1-2,10,14H,3-9,13H2. The van der Waals surface area contributed by atoms with Gasteiger partial charge < -0.3 is 5.73 Å². The Hall–Kier alpha value is -0.0800. The van der Waals surface area contributed by atoms with Crippen molar-refractivity contribution in [2.75, 3.05) is 24.6 Å². The Morgan fingerprint density at radius 2 is 2.05 bits per heavy atom. The van der Waals surface area contributed by atoms with Gasteiger partial charge in [0.2, 0.25) is 10.0 Å². The first kappa shape index (κ1) is 15.3. The second-order valence-corrected chi connectivity index (χ2v) is 9.05. The monoisotopic (exact) mass is 320 g/mol. The number of thiophene rings is 1. The zero-order valence-corrected chi connectivity index (χ0v) is 13.2. The number of sulfonamides is 1. The van der Waals surface area contributed by atoms with Crippen LogP contribution in [0.5, 0.6) is 0 Å². The Balaban J connectivity index is 1.92. The fourth-order valence-corrected chi connectivity index (χ4v) is 5.76. The summed E-state index contributed by atoms with van der Waals surface area (Å²) >= 11 is 3.27. The number of nitrogens with one attached hydrogen (secondary N) is 1. The molecule has 3 N–H and O–H groups in total. The van der Waals surface area contributed by atoms with Crippen LogP contribution in [0.2, 0.25) is 0 Å². The van der Waals surface area contributed by atoms with E-state index in [4.69, 9.17) is 5.73 Å². The van der Waals surface area contributed by atoms with E-state index in [0.29, 0.717) is 23.2 Å². The lowest BCUT2D eigenvalue weighted by molar-refractivity contribution is 0.477. The molecule has 0 unspecified atom stereocenters. The van der Waals surface area contributed by atoms with Gasteiger partial charge in [-0.1, -0.05) is 0 Å². The number of nitrogens with two attached hydrogens (primary N) is 1. The molecule has 0 aromatic carbocycles. The van der Waals surface area contributed by atoms with Gasteiger partial charge in [0.15, 0.2) is 0 Å². The molecule has 0 atom stereocenters. The van der Waals surface area contributed by atoms with Crippen LogP contribution in [0.1, 0.15) is 17.7 Å². The van der Waals surface area contributed by atoms with Crippen LogP contribution in [0.3, 0.4) is 0 Å². The zero-order valence-electron chi connectivity index (χ0n) is 10.8. The topological polar surface area (TPSA) is 72.2 Å². The van der Waals surface area contributed by atoms with Crippen LogP contribution in [-0.2, 0) is 16.4 Å². The van der Waals surface area contributed by atoms with Crippen LogP contribution in [0.15, 0.2) is 16.3 Å². The zero-order chi connectivity index (χ0) is 13.7. The van der Waals surface area contributed by atoms with Crippen molar-refractivity contribution >= 4 is 33.1 Å². The van der Waals surface area contributed by atoms with E-state index < -0.39 is 10.0 Å². The molecule has 0 bridgehead atoms. The second kappa shape index (κ2) is 7.08. The molecule has 0 saturated carbocycles. The first-order chi connectivity index (χ1) is 9.12. The van der Waals surface area contributed by atoms with Gasteiger partial charge in [0.05, 0.1) is 0 Å². The van der Waals surface area contributed by atoms with Crippen molar-refractivity contribution in [3.63, 3.8) is 0 Å². The Morgan fingerprint density at radius 1 is 1.32 bits per heavy atom. The summed E-state index contributed by atoms with van der Waals surface area (Å²) in [4.78, 5) is 1.02. The Labute approximate surface area is 123 Å². The molecule has 1 aliphatic heterocycles. The molecule has 108 valence electrons. The predicted octanol–water partition coefficient (Wildman–Crippen LogP) is 1.67. The van der Waals surface area contributed by atoms with Gasteiger partial charge >= 0.3 is 0 Å². The van der Waals surface area contributed by atoms with E-state index in [9.17, 15) is 8.42 Å². The fraction of sp³-hybridized carbons (Fsp3) is 0.667. The summed E-state index contributed by atoms with van der Waals surface area (Å²) < 4.78 is 27.5. The van der Waals surface area contributed by atoms with E-state index in [1.165, 1.54) is 11.3 Å². The van der Waals surface area contributed by atoms with Gasteiger partial charge in [-0.25, -0.2) is 13.1 Å². The molecule has 4 nitrogen and oxygen atoms in total. The fourth-order valence-electron chi connectivity index (χ4n) is 2.03. The van der Waals surface area contributed by atoms with Crippen LogP contribution >= 0.6 is 23.1 Å². The largest absolute Gasteiger partial charge is 0.330 e. The summed E-state index contributed by atoms with van der Waals surface area (Å²) in [7, 11) is -3.34. The first-order valence-corrected chi connectivity index (χ1v) is 9.93. The highest BCUT2D eigenvalue weighted by molar-refractivity contribution is 7.99. The average molecular weight is 321 g/mol. The maximum atomic E-state index is 12.2. The maximum Gasteiger partial charge on any atom is 0.250 e. The summed E-state index contributed by atoms with van der Waals surface area (Å²) in [5.74, 6) is 2.78. The van der Waals surface area contributed by atoms with Crippen LogP contribution in [0.25, 0.3) is 0 Å². The lowest BCUT2D eigenvalue weighted by atomic mass is 10.0. The van der Waals surface area contributed by atoms with E-state index >= 15 is 0 Å².